The van der Waals surface area contributed by atoms with Crippen LogP contribution in [0.3, 0.4) is 0 Å². The molecule has 1 fully saturated rings. The number of rotatable bonds is 2. The minimum atomic E-state index is -0.841. The molecule has 98 valence electrons. The van der Waals surface area contributed by atoms with Gasteiger partial charge in [-0.25, -0.2) is 0 Å². The number of amides is 1. The van der Waals surface area contributed by atoms with Gasteiger partial charge in [0.1, 0.15) is 0 Å². The van der Waals surface area contributed by atoms with Gasteiger partial charge in [-0.05, 0) is 51.3 Å². The van der Waals surface area contributed by atoms with Crippen molar-refractivity contribution in [3.05, 3.63) is 19.2 Å². The van der Waals surface area contributed by atoms with Crippen LogP contribution in [0.1, 0.15) is 23.0 Å². The Labute approximate surface area is 125 Å². The van der Waals surface area contributed by atoms with Crippen molar-refractivity contribution in [2.45, 2.75) is 13.3 Å². The monoisotopic (exact) mass is 395 g/mol. The van der Waals surface area contributed by atoms with Crippen LogP contribution < -0.4 is 0 Å². The topological polar surface area (TPSA) is 57.6 Å². The van der Waals surface area contributed by atoms with E-state index in [2.05, 4.69) is 31.9 Å². The molecule has 1 saturated heterocycles. The number of halogens is 2. The zero-order valence-corrected chi connectivity index (χ0v) is 13.6. The summed E-state index contributed by atoms with van der Waals surface area (Å²) in [6.45, 7) is 2.45. The highest BCUT2D eigenvalue weighted by Crippen LogP contribution is 2.35. The second-order valence-corrected chi connectivity index (χ2v) is 7.80. The Bertz CT molecular complexity index is 497. The van der Waals surface area contributed by atoms with Crippen LogP contribution in [0, 0.1) is 5.41 Å². The normalized spacial score (nSPS) is 23.4. The zero-order valence-electron chi connectivity index (χ0n) is 9.57. The summed E-state index contributed by atoms with van der Waals surface area (Å²) >= 11 is 8.03. The van der Waals surface area contributed by atoms with Crippen molar-refractivity contribution in [2.24, 2.45) is 5.41 Å². The van der Waals surface area contributed by atoms with Gasteiger partial charge in [0.25, 0.3) is 5.91 Å². The van der Waals surface area contributed by atoms with Crippen LogP contribution in [-0.4, -0.2) is 35.0 Å². The molecule has 18 heavy (non-hydrogen) atoms. The van der Waals surface area contributed by atoms with Gasteiger partial charge in [0, 0.05) is 17.6 Å². The lowest BCUT2D eigenvalue weighted by molar-refractivity contribution is -0.147. The Morgan fingerprint density at radius 2 is 2.17 bits per heavy atom. The first-order chi connectivity index (χ1) is 8.33. The highest BCUT2D eigenvalue weighted by atomic mass is 79.9. The molecule has 1 unspecified atom stereocenters. The largest absolute Gasteiger partial charge is 0.481 e. The number of carbonyl (C=O) groups excluding carboxylic acids is 1. The quantitative estimate of drug-likeness (QED) is 0.834. The minimum absolute atomic E-state index is 0.101. The van der Waals surface area contributed by atoms with Crippen molar-refractivity contribution >= 4 is 55.1 Å². The van der Waals surface area contributed by atoms with E-state index in [0.29, 0.717) is 17.8 Å². The van der Waals surface area contributed by atoms with E-state index in [1.165, 1.54) is 11.3 Å². The molecule has 2 rings (SSSR count). The second kappa shape index (κ2) is 4.94. The number of carboxylic acids is 1. The van der Waals surface area contributed by atoms with E-state index < -0.39 is 11.4 Å². The van der Waals surface area contributed by atoms with Crippen LogP contribution in [-0.2, 0) is 4.79 Å². The van der Waals surface area contributed by atoms with E-state index in [1.807, 2.05) is 0 Å². The van der Waals surface area contributed by atoms with E-state index in [0.717, 1.165) is 8.26 Å². The molecular formula is C11H11Br2NO3S. The first kappa shape index (κ1) is 14.0. The summed E-state index contributed by atoms with van der Waals surface area (Å²) in [4.78, 5) is 25.6. The summed E-state index contributed by atoms with van der Waals surface area (Å²) in [5, 5.41) is 9.14. The fourth-order valence-electron chi connectivity index (χ4n) is 1.92. The van der Waals surface area contributed by atoms with Crippen LogP contribution in [0.25, 0.3) is 0 Å². The van der Waals surface area contributed by atoms with E-state index in [4.69, 9.17) is 5.11 Å². The summed E-state index contributed by atoms with van der Waals surface area (Å²) in [6, 6.07) is 1.76. The molecule has 1 atom stereocenters. The summed E-state index contributed by atoms with van der Waals surface area (Å²) in [6.07, 6.45) is 0.502. The number of likely N-dealkylation sites (tertiary alicyclic amines) is 1. The number of hydrogen-bond donors (Lipinski definition) is 1. The van der Waals surface area contributed by atoms with Gasteiger partial charge in [-0.15, -0.1) is 11.3 Å². The standard InChI is InChI=1S/C11H11Br2NO3S/c1-11(10(16)17)2-3-14(5-11)9(15)7-4-6(12)8(13)18-7/h4H,2-3,5H2,1H3,(H,16,17). The average molecular weight is 397 g/mol. The predicted octanol–water partition coefficient (Wildman–Crippen LogP) is 3.21. The summed E-state index contributed by atoms with van der Waals surface area (Å²) < 4.78 is 1.71. The van der Waals surface area contributed by atoms with Crippen molar-refractivity contribution in [1.82, 2.24) is 4.90 Å². The Morgan fingerprint density at radius 1 is 1.50 bits per heavy atom. The second-order valence-electron chi connectivity index (χ2n) is 4.57. The summed E-state index contributed by atoms with van der Waals surface area (Å²) in [5.41, 5.74) is -0.818. The van der Waals surface area contributed by atoms with Gasteiger partial charge in [-0.1, -0.05) is 0 Å². The maximum atomic E-state index is 12.2. The molecule has 1 amide bonds. The molecule has 1 aliphatic rings. The molecule has 1 aromatic heterocycles. The van der Waals surface area contributed by atoms with Crippen molar-refractivity contribution in [3.63, 3.8) is 0 Å². The molecule has 0 aliphatic carbocycles. The van der Waals surface area contributed by atoms with Crippen molar-refractivity contribution < 1.29 is 14.7 Å². The van der Waals surface area contributed by atoms with Crippen molar-refractivity contribution in [1.29, 1.82) is 0 Å². The molecule has 1 aromatic rings. The van der Waals surface area contributed by atoms with Gasteiger partial charge in [0.2, 0.25) is 0 Å². The molecule has 2 heterocycles. The molecule has 0 aromatic carbocycles. The Balaban J connectivity index is 2.15. The molecule has 0 bridgehead atoms. The Morgan fingerprint density at radius 3 is 2.61 bits per heavy atom. The van der Waals surface area contributed by atoms with Gasteiger partial charge in [-0.2, -0.15) is 0 Å². The third-order valence-electron chi connectivity index (χ3n) is 3.13. The predicted molar refractivity (Wildman–Crippen MR) is 76.0 cm³/mol. The van der Waals surface area contributed by atoms with E-state index in [1.54, 1.807) is 17.9 Å². The number of hydrogen-bond acceptors (Lipinski definition) is 3. The third-order valence-corrected chi connectivity index (χ3v) is 6.38. The lowest BCUT2D eigenvalue weighted by atomic mass is 9.90. The average Bonchev–Trinajstić information content (AvgIpc) is 2.84. The molecule has 4 nitrogen and oxygen atoms in total. The van der Waals surface area contributed by atoms with E-state index >= 15 is 0 Å². The van der Waals surface area contributed by atoms with Crippen LogP contribution in [0.2, 0.25) is 0 Å². The van der Waals surface area contributed by atoms with Gasteiger partial charge in [0.05, 0.1) is 14.1 Å². The van der Waals surface area contributed by atoms with Crippen molar-refractivity contribution in [2.75, 3.05) is 13.1 Å². The van der Waals surface area contributed by atoms with Gasteiger partial charge in [-0.3, -0.25) is 9.59 Å². The summed E-state index contributed by atoms with van der Waals surface area (Å²) in [5.74, 6) is -0.942. The van der Waals surface area contributed by atoms with E-state index in [-0.39, 0.29) is 12.5 Å². The summed E-state index contributed by atoms with van der Waals surface area (Å²) in [7, 11) is 0. The zero-order chi connectivity index (χ0) is 13.5. The number of carboxylic acid groups (broad SMARTS) is 1. The smallest absolute Gasteiger partial charge is 0.311 e. The van der Waals surface area contributed by atoms with Crippen LogP contribution in [0.4, 0.5) is 0 Å². The fourth-order valence-corrected chi connectivity index (χ4v) is 3.92. The lowest BCUT2D eigenvalue weighted by Crippen LogP contribution is -2.34. The molecule has 1 aliphatic heterocycles. The van der Waals surface area contributed by atoms with Gasteiger partial charge < -0.3 is 10.0 Å². The molecule has 1 N–H and O–H groups in total. The SMILES string of the molecule is CC1(C(=O)O)CCN(C(=O)c2cc(Br)c(Br)s2)C1. The fraction of sp³-hybridized carbons (Fsp3) is 0.455. The third kappa shape index (κ3) is 2.48. The van der Waals surface area contributed by atoms with Crippen LogP contribution in [0.15, 0.2) is 14.3 Å². The first-order valence-corrected chi connectivity index (χ1v) is 7.71. The Kier molecular flexibility index (Phi) is 3.85. The van der Waals surface area contributed by atoms with Crippen molar-refractivity contribution in [3.8, 4) is 0 Å². The number of carbonyl (C=O) groups is 2. The molecule has 0 spiro atoms. The number of thiophene rings is 1. The van der Waals surface area contributed by atoms with E-state index in [9.17, 15) is 9.59 Å². The maximum absolute atomic E-state index is 12.2. The number of aliphatic carboxylic acids is 1. The molecule has 7 heteroatoms. The highest BCUT2D eigenvalue weighted by molar-refractivity contribution is 9.13. The first-order valence-electron chi connectivity index (χ1n) is 5.31. The highest BCUT2D eigenvalue weighted by Gasteiger charge is 2.42. The molecular weight excluding hydrogens is 386 g/mol. The van der Waals surface area contributed by atoms with Crippen LogP contribution >= 0.6 is 43.2 Å². The molecule has 0 saturated carbocycles. The minimum Gasteiger partial charge on any atom is -0.481 e. The molecule has 0 radical (unpaired) electrons. The van der Waals surface area contributed by atoms with Crippen LogP contribution in [0.5, 0.6) is 0 Å². The maximum Gasteiger partial charge on any atom is 0.311 e. The van der Waals surface area contributed by atoms with Gasteiger partial charge in [0.15, 0.2) is 0 Å². The lowest BCUT2D eigenvalue weighted by Gasteiger charge is -2.19. The number of nitrogens with zero attached hydrogens (tertiary/aromatic N) is 1. The van der Waals surface area contributed by atoms with Gasteiger partial charge >= 0.3 is 5.97 Å². The Hall–Kier alpha value is -0.400.